The third-order valence-electron chi connectivity index (χ3n) is 2.63. The van der Waals surface area contributed by atoms with Crippen LogP contribution in [0.2, 0.25) is 5.02 Å². The van der Waals surface area contributed by atoms with Crippen molar-refractivity contribution >= 4 is 23.2 Å². The summed E-state index contributed by atoms with van der Waals surface area (Å²) >= 11 is 5.81. The van der Waals surface area contributed by atoms with Gasteiger partial charge in [0.05, 0.1) is 10.6 Å². The van der Waals surface area contributed by atoms with Gasteiger partial charge in [0.25, 0.3) is 5.91 Å². The standard InChI is InChI=1S/C14H11ClFNO2/c1-8-6-10(18)3-5-13(8)17-14(19)11-4-2-9(16)7-12(11)15/h2-7,18H,1H3,(H,17,19). The molecule has 0 aliphatic carbocycles. The molecule has 0 atom stereocenters. The summed E-state index contributed by atoms with van der Waals surface area (Å²) in [5, 5.41) is 12.0. The molecule has 0 saturated carbocycles. The number of rotatable bonds is 2. The van der Waals surface area contributed by atoms with E-state index in [1.165, 1.54) is 24.3 Å². The van der Waals surface area contributed by atoms with E-state index in [4.69, 9.17) is 11.6 Å². The van der Waals surface area contributed by atoms with E-state index in [0.29, 0.717) is 11.3 Å². The van der Waals surface area contributed by atoms with Crippen LogP contribution < -0.4 is 5.32 Å². The number of nitrogens with one attached hydrogen (secondary N) is 1. The van der Waals surface area contributed by atoms with Gasteiger partial charge in [-0.15, -0.1) is 0 Å². The van der Waals surface area contributed by atoms with E-state index < -0.39 is 11.7 Å². The Bertz CT molecular complexity index is 643. The van der Waals surface area contributed by atoms with Crippen molar-refractivity contribution in [2.45, 2.75) is 6.92 Å². The molecule has 19 heavy (non-hydrogen) atoms. The summed E-state index contributed by atoms with van der Waals surface area (Å²) in [4.78, 5) is 12.0. The summed E-state index contributed by atoms with van der Waals surface area (Å²) in [5.74, 6) is -0.809. The minimum absolute atomic E-state index is 0.0499. The minimum Gasteiger partial charge on any atom is -0.508 e. The molecule has 3 nitrogen and oxygen atoms in total. The van der Waals surface area contributed by atoms with Crippen LogP contribution in [0, 0.1) is 12.7 Å². The molecule has 0 aliphatic heterocycles. The zero-order valence-electron chi connectivity index (χ0n) is 10.1. The number of phenols is 1. The molecule has 0 aromatic heterocycles. The Hall–Kier alpha value is -2.07. The van der Waals surface area contributed by atoms with E-state index in [-0.39, 0.29) is 16.3 Å². The number of halogens is 2. The third-order valence-corrected chi connectivity index (χ3v) is 2.95. The number of anilines is 1. The first-order chi connectivity index (χ1) is 8.97. The van der Waals surface area contributed by atoms with Crippen LogP contribution in [0.3, 0.4) is 0 Å². The fourth-order valence-electron chi connectivity index (χ4n) is 1.65. The van der Waals surface area contributed by atoms with Crippen LogP contribution in [0.25, 0.3) is 0 Å². The molecule has 98 valence electrons. The molecule has 0 aliphatic rings. The van der Waals surface area contributed by atoms with Crippen LogP contribution in [0.4, 0.5) is 10.1 Å². The maximum Gasteiger partial charge on any atom is 0.257 e. The van der Waals surface area contributed by atoms with Crippen molar-refractivity contribution in [3.05, 3.63) is 58.4 Å². The predicted molar refractivity (Wildman–Crippen MR) is 72.2 cm³/mol. The molecule has 2 N–H and O–H groups in total. The van der Waals surface area contributed by atoms with Crippen LogP contribution in [0.15, 0.2) is 36.4 Å². The molecule has 0 heterocycles. The summed E-state index contributed by atoms with van der Waals surface area (Å²) < 4.78 is 12.9. The van der Waals surface area contributed by atoms with Gasteiger partial charge in [0.15, 0.2) is 0 Å². The Morgan fingerprint density at radius 1 is 1.26 bits per heavy atom. The lowest BCUT2D eigenvalue weighted by molar-refractivity contribution is 0.102. The molecular weight excluding hydrogens is 269 g/mol. The van der Waals surface area contributed by atoms with Crippen molar-refractivity contribution in [3.8, 4) is 5.75 Å². The summed E-state index contributed by atoms with van der Waals surface area (Å²) in [5.41, 5.74) is 1.46. The first-order valence-electron chi connectivity index (χ1n) is 5.53. The summed E-state index contributed by atoms with van der Waals surface area (Å²) in [7, 11) is 0. The highest BCUT2D eigenvalue weighted by Gasteiger charge is 2.12. The van der Waals surface area contributed by atoms with Crippen molar-refractivity contribution in [1.29, 1.82) is 0 Å². The van der Waals surface area contributed by atoms with Gasteiger partial charge in [0.2, 0.25) is 0 Å². The number of aromatic hydroxyl groups is 1. The van der Waals surface area contributed by atoms with Crippen LogP contribution in [0.1, 0.15) is 15.9 Å². The molecule has 0 saturated heterocycles. The highest BCUT2D eigenvalue weighted by molar-refractivity contribution is 6.34. The fraction of sp³-hybridized carbons (Fsp3) is 0.0714. The largest absolute Gasteiger partial charge is 0.508 e. The lowest BCUT2D eigenvalue weighted by Gasteiger charge is -2.09. The number of hydrogen-bond donors (Lipinski definition) is 2. The van der Waals surface area contributed by atoms with Crippen molar-refractivity contribution in [1.82, 2.24) is 0 Å². The Morgan fingerprint density at radius 3 is 2.63 bits per heavy atom. The smallest absolute Gasteiger partial charge is 0.257 e. The molecule has 2 rings (SSSR count). The van der Waals surface area contributed by atoms with Crippen LogP contribution in [-0.2, 0) is 0 Å². The lowest BCUT2D eigenvalue weighted by atomic mass is 10.1. The van der Waals surface area contributed by atoms with E-state index in [1.807, 2.05) is 0 Å². The minimum atomic E-state index is -0.498. The van der Waals surface area contributed by atoms with E-state index in [0.717, 1.165) is 6.07 Å². The number of benzene rings is 2. The number of phenolic OH excluding ortho intramolecular Hbond substituents is 1. The average molecular weight is 280 g/mol. The number of carbonyl (C=O) groups is 1. The van der Waals surface area contributed by atoms with Gasteiger partial charge in [-0.05, 0) is 48.9 Å². The van der Waals surface area contributed by atoms with E-state index in [2.05, 4.69) is 5.32 Å². The van der Waals surface area contributed by atoms with Gasteiger partial charge < -0.3 is 10.4 Å². The van der Waals surface area contributed by atoms with Gasteiger partial charge in [-0.1, -0.05) is 11.6 Å². The monoisotopic (exact) mass is 279 g/mol. The molecule has 1 amide bonds. The van der Waals surface area contributed by atoms with E-state index in [9.17, 15) is 14.3 Å². The average Bonchev–Trinajstić information content (AvgIpc) is 2.32. The molecule has 2 aromatic carbocycles. The van der Waals surface area contributed by atoms with Crippen LogP contribution >= 0.6 is 11.6 Å². The molecule has 0 radical (unpaired) electrons. The highest BCUT2D eigenvalue weighted by Crippen LogP contribution is 2.23. The van der Waals surface area contributed by atoms with Crippen molar-refractivity contribution in [2.24, 2.45) is 0 Å². The lowest BCUT2D eigenvalue weighted by Crippen LogP contribution is -2.13. The van der Waals surface area contributed by atoms with Gasteiger partial charge in [-0.3, -0.25) is 4.79 Å². The molecule has 0 unspecified atom stereocenters. The Labute approximate surface area is 114 Å². The Morgan fingerprint density at radius 2 is 2.00 bits per heavy atom. The number of amides is 1. The van der Waals surface area contributed by atoms with Crippen LogP contribution in [0.5, 0.6) is 5.75 Å². The van der Waals surface area contributed by atoms with Crippen molar-refractivity contribution < 1.29 is 14.3 Å². The maximum absolute atomic E-state index is 12.9. The molecule has 0 fully saturated rings. The van der Waals surface area contributed by atoms with Gasteiger partial charge in [0.1, 0.15) is 11.6 Å². The molecule has 5 heteroatoms. The second kappa shape index (κ2) is 5.28. The first-order valence-corrected chi connectivity index (χ1v) is 5.91. The quantitative estimate of drug-likeness (QED) is 0.823. The second-order valence-electron chi connectivity index (χ2n) is 4.08. The second-order valence-corrected chi connectivity index (χ2v) is 4.48. The van der Waals surface area contributed by atoms with Crippen molar-refractivity contribution in [3.63, 3.8) is 0 Å². The fourth-order valence-corrected chi connectivity index (χ4v) is 1.90. The Balaban J connectivity index is 2.25. The van der Waals surface area contributed by atoms with Gasteiger partial charge in [-0.2, -0.15) is 0 Å². The zero-order chi connectivity index (χ0) is 14.0. The number of aryl methyl sites for hydroxylation is 1. The predicted octanol–water partition coefficient (Wildman–Crippen LogP) is 3.75. The molecule has 2 aromatic rings. The number of hydrogen-bond acceptors (Lipinski definition) is 2. The third kappa shape index (κ3) is 3.03. The van der Waals surface area contributed by atoms with Crippen molar-refractivity contribution in [2.75, 3.05) is 5.32 Å². The highest BCUT2D eigenvalue weighted by atomic mass is 35.5. The first kappa shape index (κ1) is 13.4. The summed E-state index contributed by atoms with van der Waals surface area (Å²) in [6.07, 6.45) is 0. The summed E-state index contributed by atoms with van der Waals surface area (Å²) in [6.45, 7) is 1.75. The SMILES string of the molecule is Cc1cc(O)ccc1NC(=O)c1ccc(F)cc1Cl. The normalized spacial score (nSPS) is 10.3. The Kier molecular flexibility index (Phi) is 3.71. The molecule has 0 bridgehead atoms. The molecule has 0 spiro atoms. The molecular formula is C14H11ClFNO2. The van der Waals surface area contributed by atoms with E-state index >= 15 is 0 Å². The zero-order valence-corrected chi connectivity index (χ0v) is 10.8. The van der Waals surface area contributed by atoms with E-state index in [1.54, 1.807) is 13.0 Å². The van der Waals surface area contributed by atoms with Gasteiger partial charge >= 0.3 is 0 Å². The van der Waals surface area contributed by atoms with Crippen LogP contribution in [-0.4, -0.2) is 11.0 Å². The van der Waals surface area contributed by atoms with Gasteiger partial charge in [0, 0.05) is 5.69 Å². The van der Waals surface area contributed by atoms with Gasteiger partial charge in [-0.25, -0.2) is 4.39 Å². The summed E-state index contributed by atoms with van der Waals surface area (Å²) in [6, 6.07) is 8.16. The maximum atomic E-state index is 12.9. The topological polar surface area (TPSA) is 49.3 Å². The number of carbonyl (C=O) groups excluding carboxylic acids is 1.